The van der Waals surface area contributed by atoms with Crippen LogP contribution in [0.4, 0.5) is 4.39 Å². The molecular formula is C15H14ClFN4O. The molecule has 2 aromatic rings. The molecule has 1 aliphatic rings. The normalized spacial score (nSPS) is 14.5. The molecular weight excluding hydrogens is 307 g/mol. The van der Waals surface area contributed by atoms with E-state index >= 15 is 0 Å². The number of benzene rings is 1. The number of nitrogens with zero attached hydrogens (tertiary/aromatic N) is 3. The van der Waals surface area contributed by atoms with E-state index in [1.54, 1.807) is 19.1 Å². The molecule has 0 radical (unpaired) electrons. The largest absolute Gasteiger partial charge is 0.273 e. The molecule has 0 spiro atoms. The van der Waals surface area contributed by atoms with Gasteiger partial charge in [-0.1, -0.05) is 11.6 Å². The van der Waals surface area contributed by atoms with E-state index in [0.29, 0.717) is 22.1 Å². The average Bonchev–Trinajstić information content (AvgIpc) is 3.30. The molecule has 5 nitrogen and oxygen atoms in total. The van der Waals surface area contributed by atoms with Crippen LogP contribution >= 0.6 is 11.6 Å². The highest BCUT2D eigenvalue weighted by Gasteiger charge is 2.29. The minimum atomic E-state index is -0.326. The second-order valence-corrected chi connectivity index (χ2v) is 5.54. The van der Waals surface area contributed by atoms with E-state index in [-0.39, 0.29) is 17.6 Å². The molecule has 1 aliphatic carbocycles. The van der Waals surface area contributed by atoms with Crippen molar-refractivity contribution < 1.29 is 9.18 Å². The molecule has 1 fully saturated rings. The van der Waals surface area contributed by atoms with Gasteiger partial charge in [0.15, 0.2) is 0 Å². The number of halogens is 2. The van der Waals surface area contributed by atoms with Gasteiger partial charge >= 0.3 is 0 Å². The highest BCUT2D eigenvalue weighted by molar-refractivity contribution is 6.32. The van der Waals surface area contributed by atoms with Gasteiger partial charge in [-0.2, -0.15) is 10.2 Å². The first-order valence-electron chi connectivity index (χ1n) is 6.90. The van der Waals surface area contributed by atoms with E-state index in [4.69, 9.17) is 11.6 Å². The highest BCUT2D eigenvalue weighted by Crippen LogP contribution is 2.28. The Kier molecular flexibility index (Phi) is 3.94. The van der Waals surface area contributed by atoms with Crippen LogP contribution in [0.1, 0.15) is 24.1 Å². The van der Waals surface area contributed by atoms with E-state index < -0.39 is 0 Å². The zero-order chi connectivity index (χ0) is 15.7. The Morgan fingerprint density at radius 1 is 1.45 bits per heavy atom. The van der Waals surface area contributed by atoms with E-state index in [1.807, 2.05) is 0 Å². The minimum absolute atomic E-state index is 0.0732. The molecule has 0 saturated heterocycles. The van der Waals surface area contributed by atoms with Crippen molar-refractivity contribution in [2.45, 2.75) is 19.8 Å². The Labute approximate surface area is 131 Å². The number of amides is 1. The summed E-state index contributed by atoms with van der Waals surface area (Å²) in [4.78, 5) is 11.5. The number of hydrogen-bond acceptors (Lipinski definition) is 3. The zero-order valence-electron chi connectivity index (χ0n) is 11.9. The molecule has 1 N–H and O–H groups in total. The van der Waals surface area contributed by atoms with E-state index in [9.17, 15) is 9.18 Å². The fraction of sp³-hybridized carbons (Fsp3) is 0.267. The van der Waals surface area contributed by atoms with Gasteiger partial charge in [0.25, 0.3) is 0 Å². The van der Waals surface area contributed by atoms with Crippen LogP contribution in [-0.4, -0.2) is 21.9 Å². The number of carbonyl (C=O) groups is 1. The second kappa shape index (κ2) is 5.88. The van der Waals surface area contributed by atoms with Crippen LogP contribution in [0.25, 0.3) is 5.69 Å². The third kappa shape index (κ3) is 3.01. The molecule has 3 rings (SSSR count). The first-order chi connectivity index (χ1) is 10.6. The van der Waals surface area contributed by atoms with Gasteiger partial charge < -0.3 is 0 Å². The molecule has 0 unspecified atom stereocenters. The fourth-order valence-electron chi connectivity index (χ4n) is 2.01. The van der Waals surface area contributed by atoms with Gasteiger partial charge in [-0.3, -0.25) is 4.79 Å². The summed E-state index contributed by atoms with van der Waals surface area (Å²) in [5.74, 6) is -0.306. The number of nitrogens with one attached hydrogen (secondary N) is 1. The number of hydrazone groups is 1. The molecule has 1 aromatic heterocycles. The summed E-state index contributed by atoms with van der Waals surface area (Å²) in [6.07, 6.45) is 3.32. The van der Waals surface area contributed by atoms with Crippen molar-refractivity contribution in [3.05, 3.63) is 46.5 Å². The standard InChI is InChI=1S/C15H14ClFN4O/c1-9-13(8-18-19-15(22)10-2-3-10)14(16)21(20-9)12-6-4-11(17)5-7-12/h4-8,10H,2-3H2,1H3,(H,19,22). The van der Waals surface area contributed by atoms with Gasteiger partial charge in [-0.15, -0.1) is 0 Å². The highest BCUT2D eigenvalue weighted by atomic mass is 35.5. The van der Waals surface area contributed by atoms with Crippen LogP contribution in [0, 0.1) is 18.7 Å². The summed E-state index contributed by atoms with van der Waals surface area (Å²) < 4.78 is 14.5. The van der Waals surface area contributed by atoms with Crippen molar-refractivity contribution in [1.82, 2.24) is 15.2 Å². The molecule has 1 heterocycles. The first kappa shape index (κ1) is 14.7. The Balaban J connectivity index is 1.81. The van der Waals surface area contributed by atoms with Crippen LogP contribution in [0.3, 0.4) is 0 Å². The molecule has 0 aliphatic heterocycles. The molecule has 7 heteroatoms. The van der Waals surface area contributed by atoms with Crippen molar-refractivity contribution in [3.63, 3.8) is 0 Å². The number of carbonyl (C=O) groups excluding carboxylic acids is 1. The summed E-state index contributed by atoms with van der Waals surface area (Å²) in [6, 6.07) is 5.85. The third-order valence-electron chi connectivity index (χ3n) is 3.44. The molecule has 22 heavy (non-hydrogen) atoms. The van der Waals surface area contributed by atoms with Crippen molar-refractivity contribution in [1.29, 1.82) is 0 Å². The van der Waals surface area contributed by atoms with Crippen molar-refractivity contribution in [3.8, 4) is 5.69 Å². The van der Waals surface area contributed by atoms with E-state index in [2.05, 4.69) is 15.6 Å². The molecule has 0 bridgehead atoms. The third-order valence-corrected chi connectivity index (χ3v) is 3.80. The Bertz CT molecular complexity index is 735. The van der Waals surface area contributed by atoms with Crippen LogP contribution in [0.2, 0.25) is 5.15 Å². The Hall–Kier alpha value is -2.21. The topological polar surface area (TPSA) is 59.3 Å². The second-order valence-electron chi connectivity index (χ2n) is 5.19. The number of aryl methyl sites for hydroxylation is 1. The van der Waals surface area contributed by atoms with Crippen molar-refractivity contribution in [2.75, 3.05) is 0 Å². The summed E-state index contributed by atoms with van der Waals surface area (Å²) in [5, 5.41) is 8.59. The first-order valence-corrected chi connectivity index (χ1v) is 7.28. The lowest BCUT2D eigenvalue weighted by atomic mass is 10.3. The predicted octanol–water partition coefficient (Wildman–Crippen LogP) is 2.83. The Morgan fingerprint density at radius 3 is 2.77 bits per heavy atom. The van der Waals surface area contributed by atoms with Crippen LogP contribution in [0.5, 0.6) is 0 Å². The lowest BCUT2D eigenvalue weighted by Gasteiger charge is -2.02. The van der Waals surface area contributed by atoms with Gasteiger partial charge in [0, 0.05) is 5.92 Å². The summed E-state index contributed by atoms with van der Waals surface area (Å²) in [7, 11) is 0. The predicted molar refractivity (Wildman–Crippen MR) is 81.7 cm³/mol. The Morgan fingerprint density at radius 2 is 2.14 bits per heavy atom. The number of aromatic nitrogens is 2. The lowest BCUT2D eigenvalue weighted by Crippen LogP contribution is -2.19. The van der Waals surface area contributed by atoms with Crippen LogP contribution in [0.15, 0.2) is 29.4 Å². The molecule has 1 amide bonds. The van der Waals surface area contributed by atoms with Crippen LogP contribution in [-0.2, 0) is 4.79 Å². The fourth-order valence-corrected chi connectivity index (χ4v) is 2.33. The summed E-state index contributed by atoms with van der Waals surface area (Å²) in [5.41, 5.74) is 4.42. The van der Waals surface area contributed by atoms with Crippen molar-refractivity contribution in [2.24, 2.45) is 11.0 Å². The minimum Gasteiger partial charge on any atom is -0.273 e. The van der Waals surface area contributed by atoms with Gasteiger partial charge in [-0.25, -0.2) is 14.5 Å². The van der Waals surface area contributed by atoms with E-state index in [0.717, 1.165) is 12.8 Å². The van der Waals surface area contributed by atoms with Gasteiger partial charge in [-0.05, 0) is 44.0 Å². The summed E-state index contributed by atoms with van der Waals surface area (Å²) >= 11 is 6.30. The summed E-state index contributed by atoms with van der Waals surface area (Å²) in [6.45, 7) is 1.79. The molecule has 1 saturated carbocycles. The van der Waals surface area contributed by atoms with Crippen molar-refractivity contribution >= 4 is 23.7 Å². The number of rotatable bonds is 4. The maximum atomic E-state index is 13.0. The quantitative estimate of drug-likeness (QED) is 0.695. The smallest absolute Gasteiger partial charge is 0.243 e. The zero-order valence-corrected chi connectivity index (χ0v) is 12.6. The number of hydrogen-bond donors (Lipinski definition) is 1. The lowest BCUT2D eigenvalue weighted by molar-refractivity contribution is -0.122. The van der Waals surface area contributed by atoms with Gasteiger partial charge in [0.2, 0.25) is 5.91 Å². The SMILES string of the molecule is Cc1nn(-c2ccc(F)cc2)c(Cl)c1C=NNC(=O)C1CC1. The molecule has 0 atom stereocenters. The van der Waals surface area contributed by atoms with E-state index in [1.165, 1.54) is 23.0 Å². The maximum Gasteiger partial charge on any atom is 0.243 e. The maximum absolute atomic E-state index is 13.0. The average molecular weight is 321 g/mol. The monoisotopic (exact) mass is 320 g/mol. The molecule has 1 aromatic carbocycles. The van der Waals surface area contributed by atoms with Crippen LogP contribution < -0.4 is 5.43 Å². The van der Waals surface area contributed by atoms with Gasteiger partial charge in [0.1, 0.15) is 11.0 Å². The molecule has 114 valence electrons. The van der Waals surface area contributed by atoms with Gasteiger partial charge in [0.05, 0.1) is 23.2 Å².